The SMILES string of the molecule is CC(C)(C)OC(=O)OC(=O)OC(C)(C)C.NCc1ccc(F)c(C2=CCN(Cc3ccccc3)CC2)c1. The van der Waals surface area contributed by atoms with Gasteiger partial charge < -0.3 is 19.9 Å². The van der Waals surface area contributed by atoms with E-state index in [1.807, 2.05) is 12.1 Å². The van der Waals surface area contributed by atoms with Gasteiger partial charge in [0.05, 0.1) is 0 Å². The summed E-state index contributed by atoms with van der Waals surface area (Å²) in [4.78, 5) is 24.4. The summed E-state index contributed by atoms with van der Waals surface area (Å²) < 4.78 is 27.8. The number of nitrogens with zero attached hydrogens (tertiary/aromatic N) is 1. The zero-order valence-electron chi connectivity index (χ0n) is 22.7. The van der Waals surface area contributed by atoms with Gasteiger partial charge in [0.1, 0.15) is 17.0 Å². The van der Waals surface area contributed by atoms with Crippen LogP contribution in [0.15, 0.2) is 54.6 Å². The Morgan fingerprint density at radius 1 is 0.919 bits per heavy atom. The predicted molar refractivity (Wildman–Crippen MR) is 142 cm³/mol. The second-order valence-corrected chi connectivity index (χ2v) is 10.7. The number of nitrogens with two attached hydrogens (primary N) is 1. The van der Waals surface area contributed by atoms with Gasteiger partial charge in [-0.2, -0.15) is 0 Å². The van der Waals surface area contributed by atoms with E-state index in [-0.39, 0.29) is 5.82 Å². The van der Waals surface area contributed by atoms with Crippen LogP contribution in [-0.4, -0.2) is 41.5 Å². The first-order valence-corrected chi connectivity index (χ1v) is 12.3. The number of rotatable bonds is 4. The fraction of sp³-hybridized carbons (Fsp3) is 0.448. The van der Waals surface area contributed by atoms with Gasteiger partial charge in [-0.3, -0.25) is 4.90 Å². The Morgan fingerprint density at radius 3 is 2.00 bits per heavy atom. The van der Waals surface area contributed by atoms with Gasteiger partial charge in [0.25, 0.3) is 0 Å². The molecule has 0 amide bonds. The number of hydrogen-bond acceptors (Lipinski definition) is 7. The second kappa shape index (κ2) is 13.4. The third-order valence-electron chi connectivity index (χ3n) is 5.10. The number of halogens is 1. The molecule has 0 unspecified atom stereocenters. The Morgan fingerprint density at radius 2 is 1.51 bits per heavy atom. The molecule has 37 heavy (non-hydrogen) atoms. The van der Waals surface area contributed by atoms with E-state index in [9.17, 15) is 14.0 Å². The van der Waals surface area contributed by atoms with Crippen LogP contribution in [0, 0.1) is 5.82 Å². The molecule has 202 valence electrons. The molecule has 0 saturated heterocycles. The maximum absolute atomic E-state index is 14.0. The molecule has 0 aromatic heterocycles. The fourth-order valence-electron chi connectivity index (χ4n) is 3.50. The molecule has 0 fully saturated rings. The van der Waals surface area contributed by atoms with Crippen LogP contribution in [0.5, 0.6) is 0 Å². The molecule has 0 bridgehead atoms. The molecule has 1 heterocycles. The molecule has 0 atom stereocenters. The van der Waals surface area contributed by atoms with Crippen LogP contribution < -0.4 is 5.73 Å². The third-order valence-corrected chi connectivity index (χ3v) is 5.10. The quantitative estimate of drug-likeness (QED) is 0.370. The van der Waals surface area contributed by atoms with E-state index in [0.29, 0.717) is 12.1 Å². The van der Waals surface area contributed by atoms with E-state index >= 15 is 0 Å². The summed E-state index contributed by atoms with van der Waals surface area (Å²) >= 11 is 0. The van der Waals surface area contributed by atoms with Crippen molar-refractivity contribution in [2.24, 2.45) is 5.73 Å². The van der Waals surface area contributed by atoms with Crippen molar-refractivity contribution in [2.45, 2.75) is 72.3 Å². The molecule has 7 nitrogen and oxygen atoms in total. The van der Waals surface area contributed by atoms with Crippen LogP contribution in [0.1, 0.15) is 64.7 Å². The van der Waals surface area contributed by atoms with Crippen LogP contribution in [-0.2, 0) is 27.3 Å². The molecule has 2 aromatic rings. The van der Waals surface area contributed by atoms with Crippen LogP contribution in [0.2, 0.25) is 0 Å². The zero-order valence-corrected chi connectivity index (χ0v) is 22.7. The Kier molecular flexibility index (Phi) is 10.8. The molecule has 0 aliphatic carbocycles. The molecular formula is C29H39FN2O5. The zero-order chi connectivity index (χ0) is 27.6. The molecule has 1 aliphatic rings. The van der Waals surface area contributed by atoms with Crippen molar-refractivity contribution in [2.75, 3.05) is 13.1 Å². The fourth-order valence-corrected chi connectivity index (χ4v) is 3.50. The maximum Gasteiger partial charge on any atom is 0.519 e. The van der Waals surface area contributed by atoms with E-state index in [1.165, 1.54) is 11.6 Å². The van der Waals surface area contributed by atoms with Crippen LogP contribution in [0.4, 0.5) is 14.0 Å². The number of carbonyl (C=O) groups excluding carboxylic acids is 2. The lowest BCUT2D eigenvalue weighted by Crippen LogP contribution is -2.29. The third kappa shape index (κ3) is 11.6. The topological polar surface area (TPSA) is 91.1 Å². The Hall–Kier alpha value is -3.23. The molecule has 3 rings (SSSR count). The summed E-state index contributed by atoms with van der Waals surface area (Å²) in [6.07, 6.45) is 0.900. The van der Waals surface area contributed by atoms with Gasteiger partial charge in [0.15, 0.2) is 0 Å². The molecule has 1 aliphatic heterocycles. The summed E-state index contributed by atoms with van der Waals surface area (Å²) in [5.74, 6) is -0.153. The van der Waals surface area contributed by atoms with E-state index in [4.69, 9.17) is 15.2 Å². The van der Waals surface area contributed by atoms with Gasteiger partial charge in [-0.25, -0.2) is 14.0 Å². The van der Waals surface area contributed by atoms with Crippen molar-refractivity contribution in [1.29, 1.82) is 0 Å². The maximum atomic E-state index is 14.0. The highest BCUT2D eigenvalue weighted by molar-refractivity contribution is 5.77. The minimum Gasteiger partial charge on any atom is -0.428 e. The Labute approximate surface area is 219 Å². The van der Waals surface area contributed by atoms with Gasteiger partial charge in [0.2, 0.25) is 0 Å². The molecule has 2 aromatic carbocycles. The van der Waals surface area contributed by atoms with Crippen molar-refractivity contribution in [3.63, 3.8) is 0 Å². The molecule has 8 heteroatoms. The molecular weight excluding hydrogens is 475 g/mol. The predicted octanol–water partition coefficient (Wildman–Crippen LogP) is 6.45. The van der Waals surface area contributed by atoms with Crippen LogP contribution in [0.25, 0.3) is 5.57 Å². The lowest BCUT2D eigenvalue weighted by Gasteiger charge is -2.26. The number of benzene rings is 2. The standard InChI is InChI=1S/C19H21FN2.C10H18O5/c20-19-7-6-16(13-21)12-18(19)17-8-10-22(11-9-17)14-15-4-2-1-3-5-15;1-9(2,3)14-7(11)13-8(12)15-10(4,5)6/h1-8,12H,9-11,13-14,21H2;1-6H3. The smallest absolute Gasteiger partial charge is 0.428 e. The second-order valence-electron chi connectivity index (χ2n) is 10.7. The lowest BCUT2D eigenvalue weighted by molar-refractivity contribution is -0.0293. The van der Waals surface area contributed by atoms with E-state index in [1.54, 1.807) is 47.6 Å². The largest absolute Gasteiger partial charge is 0.519 e. The number of ether oxygens (including phenoxy) is 3. The molecule has 0 saturated carbocycles. The van der Waals surface area contributed by atoms with Gasteiger partial charge in [0, 0.05) is 31.7 Å². The highest BCUT2D eigenvalue weighted by atomic mass is 19.1. The monoisotopic (exact) mass is 514 g/mol. The first-order chi connectivity index (χ1) is 17.3. The summed E-state index contributed by atoms with van der Waals surface area (Å²) in [5.41, 5.74) is 8.36. The van der Waals surface area contributed by atoms with E-state index in [2.05, 4.69) is 40.0 Å². The Bertz CT molecular complexity index is 1050. The average Bonchev–Trinajstić information content (AvgIpc) is 2.78. The normalized spacial score (nSPS) is 14.1. The van der Waals surface area contributed by atoms with Crippen LogP contribution >= 0.6 is 0 Å². The van der Waals surface area contributed by atoms with Crippen molar-refractivity contribution >= 4 is 17.9 Å². The summed E-state index contributed by atoms with van der Waals surface area (Å²) in [7, 11) is 0. The minimum absolute atomic E-state index is 0.153. The highest BCUT2D eigenvalue weighted by Crippen LogP contribution is 2.26. The van der Waals surface area contributed by atoms with Crippen molar-refractivity contribution in [3.05, 3.63) is 77.1 Å². The van der Waals surface area contributed by atoms with Crippen LogP contribution in [0.3, 0.4) is 0 Å². The van der Waals surface area contributed by atoms with Gasteiger partial charge >= 0.3 is 12.3 Å². The summed E-state index contributed by atoms with van der Waals surface area (Å²) in [6, 6.07) is 15.6. The number of carbonyl (C=O) groups is 2. The number of hydrogen-bond donors (Lipinski definition) is 1. The average molecular weight is 515 g/mol. The summed E-state index contributed by atoms with van der Waals surface area (Å²) in [6.45, 7) is 13.2. The first kappa shape index (κ1) is 30.0. The van der Waals surface area contributed by atoms with Gasteiger partial charge in [-0.05, 0) is 76.8 Å². The van der Waals surface area contributed by atoms with Crippen molar-refractivity contribution in [1.82, 2.24) is 4.90 Å². The van der Waals surface area contributed by atoms with Crippen molar-refractivity contribution in [3.8, 4) is 0 Å². The van der Waals surface area contributed by atoms with Gasteiger partial charge in [-0.1, -0.05) is 42.5 Å². The molecule has 0 spiro atoms. The molecule has 2 N–H and O–H groups in total. The highest BCUT2D eigenvalue weighted by Gasteiger charge is 2.24. The lowest BCUT2D eigenvalue weighted by atomic mass is 9.97. The summed E-state index contributed by atoms with van der Waals surface area (Å²) in [5, 5.41) is 0. The first-order valence-electron chi connectivity index (χ1n) is 12.3. The van der Waals surface area contributed by atoms with Crippen molar-refractivity contribution < 1.29 is 28.2 Å². The Balaban J connectivity index is 0.000000283. The molecule has 0 radical (unpaired) electrons. The minimum atomic E-state index is -1.06. The van der Waals surface area contributed by atoms with E-state index in [0.717, 1.165) is 37.2 Å². The van der Waals surface area contributed by atoms with Gasteiger partial charge in [-0.15, -0.1) is 0 Å². The van der Waals surface area contributed by atoms with E-state index < -0.39 is 23.5 Å².